The molecule has 0 radical (unpaired) electrons. The lowest BCUT2D eigenvalue weighted by Crippen LogP contribution is -2.45. The van der Waals surface area contributed by atoms with Crippen LogP contribution >= 0.6 is 0 Å². The molecule has 0 saturated carbocycles. The van der Waals surface area contributed by atoms with E-state index in [4.69, 9.17) is 5.26 Å². The summed E-state index contributed by atoms with van der Waals surface area (Å²) in [4.78, 5) is 33.0. The molecule has 0 fully saturated rings. The van der Waals surface area contributed by atoms with Crippen LogP contribution in [0.1, 0.15) is 27.7 Å². The van der Waals surface area contributed by atoms with E-state index in [0.717, 1.165) is 5.56 Å². The van der Waals surface area contributed by atoms with E-state index in [1.54, 1.807) is 30.5 Å². The second-order valence-corrected chi connectivity index (χ2v) is 6.17. The first-order valence-corrected chi connectivity index (χ1v) is 8.56. The standard InChI is InChI=1S/C20H14N6O2/c21-12-22-20-23-16-15(11-13-7-3-1-4-8-13)18(27)24-19(28)17(16)25-26(20)14-9-5-2-6-10-14/h1-10,15H,11H2,(H,24,27,28). The Balaban J connectivity index is 1.89. The largest absolute Gasteiger partial charge is 0.290 e. The van der Waals surface area contributed by atoms with Crippen molar-refractivity contribution in [2.45, 2.75) is 12.3 Å². The number of carbonyl (C=O) groups is 2. The average molecular weight is 370 g/mol. The van der Waals surface area contributed by atoms with Crippen molar-refractivity contribution in [3.05, 3.63) is 83.2 Å². The maximum Gasteiger partial charge on any atom is 0.280 e. The average Bonchev–Trinajstić information content (AvgIpc) is 2.72. The predicted octanol–water partition coefficient (Wildman–Crippen LogP) is 1.25. The molecule has 1 aliphatic heterocycles. The molecule has 1 aliphatic rings. The Morgan fingerprint density at radius 3 is 2.43 bits per heavy atom. The fourth-order valence-corrected chi connectivity index (χ4v) is 3.09. The highest BCUT2D eigenvalue weighted by molar-refractivity contribution is 6.10. The number of nitrogens with zero attached hydrogens (tertiary/aromatic N) is 5. The molecule has 0 bridgehead atoms. The summed E-state index contributed by atoms with van der Waals surface area (Å²) in [6, 6.07) is 18.3. The molecule has 1 unspecified atom stereocenters. The zero-order valence-electron chi connectivity index (χ0n) is 14.6. The van der Waals surface area contributed by atoms with Crippen molar-refractivity contribution in [3.8, 4) is 11.9 Å². The third kappa shape index (κ3) is 3.17. The minimum Gasteiger partial charge on any atom is -0.290 e. The van der Waals surface area contributed by atoms with Gasteiger partial charge in [0.05, 0.1) is 17.3 Å². The first-order valence-electron chi connectivity index (χ1n) is 8.56. The zero-order valence-corrected chi connectivity index (χ0v) is 14.6. The molecular weight excluding hydrogens is 356 g/mol. The van der Waals surface area contributed by atoms with Gasteiger partial charge in [0.2, 0.25) is 12.1 Å². The topological polar surface area (TPSA) is 113 Å². The summed E-state index contributed by atoms with van der Waals surface area (Å²) in [5, 5.41) is 15.8. The summed E-state index contributed by atoms with van der Waals surface area (Å²) in [7, 11) is 0. The zero-order chi connectivity index (χ0) is 19.5. The summed E-state index contributed by atoms with van der Waals surface area (Å²) in [5.74, 6) is -1.78. The van der Waals surface area contributed by atoms with Crippen molar-refractivity contribution < 1.29 is 9.59 Å². The number of rotatable bonds is 3. The van der Waals surface area contributed by atoms with Crippen LogP contribution in [0, 0.1) is 11.5 Å². The highest BCUT2D eigenvalue weighted by atomic mass is 16.2. The highest BCUT2D eigenvalue weighted by Gasteiger charge is 2.36. The lowest BCUT2D eigenvalue weighted by atomic mass is 9.91. The minimum atomic E-state index is -0.708. The molecule has 2 aromatic carbocycles. The highest BCUT2D eigenvalue weighted by Crippen LogP contribution is 2.24. The molecule has 4 rings (SSSR count). The minimum absolute atomic E-state index is 0.00742. The molecule has 1 aromatic heterocycles. The number of hydrogen-bond donors (Lipinski definition) is 1. The molecule has 3 aromatic rings. The monoisotopic (exact) mass is 370 g/mol. The maximum absolute atomic E-state index is 12.5. The summed E-state index contributed by atoms with van der Waals surface area (Å²) < 4.78 is 1.32. The summed E-state index contributed by atoms with van der Waals surface area (Å²) in [5.41, 5.74) is 1.78. The Kier molecular flexibility index (Phi) is 4.48. The molecule has 2 heterocycles. The van der Waals surface area contributed by atoms with Gasteiger partial charge in [0.15, 0.2) is 5.69 Å². The van der Waals surface area contributed by atoms with Crippen LogP contribution in [0.3, 0.4) is 0 Å². The number of benzene rings is 2. The van der Waals surface area contributed by atoms with Crippen molar-refractivity contribution in [2.75, 3.05) is 0 Å². The van der Waals surface area contributed by atoms with E-state index in [-0.39, 0.29) is 17.0 Å². The number of carbonyl (C=O) groups excluding carboxylic acids is 2. The van der Waals surface area contributed by atoms with E-state index in [9.17, 15) is 9.59 Å². The first-order chi connectivity index (χ1) is 13.7. The van der Waals surface area contributed by atoms with Crippen LogP contribution in [0.15, 0.2) is 65.7 Å². The van der Waals surface area contributed by atoms with E-state index < -0.39 is 17.7 Å². The van der Waals surface area contributed by atoms with Gasteiger partial charge in [-0.15, -0.1) is 4.99 Å². The van der Waals surface area contributed by atoms with Crippen LogP contribution < -0.4 is 10.9 Å². The molecule has 1 N–H and O–H groups in total. The molecule has 28 heavy (non-hydrogen) atoms. The van der Waals surface area contributed by atoms with Gasteiger partial charge in [0.1, 0.15) is 0 Å². The third-order valence-electron chi connectivity index (χ3n) is 4.38. The molecule has 1 atom stereocenters. The van der Waals surface area contributed by atoms with Crippen LogP contribution in [0.25, 0.3) is 5.69 Å². The van der Waals surface area contributed by atoms with Crippen LogP contribution in [-0.2, 0) is 11.2 Å². The van der Waals surface area contributed by atoms with Crippen molar-refractivity contribution in [1.29, 1.82) is 5.26 Å². The Bertz CT molecular complexity index is 1160. The number of para-hydroxylation sites is 1. The van der Waals surface area contributed by atoms with E-state index >= 15 is 0 Å². The van der Waals surface area contributed by atoms with Gasteiger partial charge in [0.25, 0.3) is 11.5 Å². The second-order valence-electron chi connectivity index (χ2n) is 6.17. The van der Waals surface area contributed by atoms with Crippen LogP contribution in [0.5, 0.6) is 0 Å². The predicted molar refractivity (Wildman–Crippen MR) is 97.9 cm³/mol. The smallest absolute Gasteiger partial charge is 0.280 e. The van der Waals surface area contributed by atoms with Crippen molar-refractivity contribution in [1.82, 2.24) is 20.1 Å². The van der Waals surface area contributed by atoms with Gasteiger partial charge < -0.3 is 0 Å². The number of amides is 2. The molecular formula is C20H14N6O2. The Morgan fingerprint density at radius 2 is 1.75 bits per heavy atom. The maximum atomic E-state index is 12.5. The first kappa shape index (κ1) is 17.3. The van der Waals surface area contributed by atoms with Crippen LogP contribution in [0.2, 0.25) is 0 Å². The molecule has 8 nitrogen and oxygen atoms in total. The van der Waals surface area contributed by atoms with Gasteiger partial charge in [-0.1, -0.05) is 48.5 Å². The normalized spacial score (nSPS) is 16.2. The Hall–Kier alpha value is -4.12. The number of fused-ring (bicyclic) bond motifs is 1. The van der Waals surface area contributed by atoms with Crippen LogP contribution in [-0.4, -0.2) is 26.6 Å². The van der Waals surface area contributed by atoms with Crippen LogP contribution in [0.4, 0.5) is 0 Å². The van der Waals surface area contributed by atoms with E-state index in [0.29, 0.717) is 12.1 Å². The van der Waals surface area contributed by atoms with E-state index in [1.165, 1.54) is 4.68 Å². The molecule has 136 valence electrons. The number of nitrogens with one attached hydrogen (secondary N) is 1. The summed E-state index contributed by atoms with van der Waals surface area (Å²) in [6.45, 7) is 0. The van der Waals surface area contributed by atoms with Gasteiger partial charge in [-0.3, -0.25) is 14.9 Å². The quantitative estimate of drug-likeness (QED) is 0.551. The molecule has 0 spiro atoms. The fourth-order valence-electron chi connectivity index (χ4n) is 3.09. The third-order valence-corrected chi connectivity index (χ3v) is 4.38. The number of nitriles is 1. The van der Waals surface area contributed by atoms with Crippen molar-refractivity contribution >= 4 is 11.8 Å². The Morgan fingerprint density at radius 1 is 1.07 bits per heavy atom. The van der Waals surface area contributed by atoms with Crippen molar-refractivity contribution in [2.24, 2.45) is 4.99 Å². The Labute approximate surface area is 159 Å². The summed E-state index contributed by atoms with van der Waals surface area (Å²) >= 11 is 0. The lowest BCUT2D eigenvalue weighted by molar-refractivity contribution is -0.122. The van der Waals surface area contributed by atoms with E-state index in [2.05, 4.69) is 20.4 Å². The van der Waals surface area contributed by atoms with Gasteiger partial charge in [-0.25, -0.2) is 4.98 Å². The van der Waals surface area contributed by atoms with Gasteiger partial charge in [-0.2, -0.15) is 15.0 Å². The molecule has 2 amide bonds. The van der Waals surface area contributed by atoms with Gasteiger partial charge >= 0.3 is 0 Å². The number of imide groups is 1. The van der Waals surface area contributed by atoms with Gasteiger partial charge in [0, 0.05) is 0 Å². The summed E-state index contributed by atoms with van der Waals surface area (Å²) in [6.07, 6.45) is 2.05. The number of aromatic nitrogens is 3. The molecule has 0 aliphatic carbocycles. The number of hydrogen-bond acceptors (Lipinski definition) is 6. The second kappa shape index (κ2) is 7.25. The fraction of sp³-hybridized carbons (Fsp3) is 0.100. The lowest BCUT2D eigenvalue weighted by Gasteiger charge is -2.23. The van der Waals surface area contributed by atoms with E-state index in [1.807, 2.05) is 36.4 Å². The SMILES string of the molecule is N#CN=c1nc2c(nn1-c1ccccc1)C(=O)NC(=O)C2Cc1ccccc1. The van der Waals surface area contributed by atoms with Crippen molar-refractivity contribution in [3.63, 3.8) is 0 Å². The molecule has 8 heteroatoms. The molecule has 0 saturated heterocycles. The van der Waals surface area contributed by atoms with Gasteiger partial charge in [-0.05, 0) is 24.1 Å².